The van der Waals surface area contributed by atoms with Crippen molar-refractivity contribution in [3.8, 4) is 0 Å². The van der Waals surface area contributed by atoms with E-state index in [0.717, 1.165) is 0 Å². The van der Waals surface area contributed by atoms with Gasteiger partial charge in [-0.2, -0.15) is 4.31 Å². The minimum absolute atomic E-state index is 0.0106. The van der Waals surface area contributed by atoms with Gasteiger partial charge >= 0.3 is 18.0 Å². The maximum absolute atomic E-state index is 13.1. The molecule has 2 amide bonds. The molecule has 1 atom stereocenters. The lowest BCUT2D eigenvalue weighted by Gasteiger charge is -2.28. The van der Waals surface area contributed by atoms with Crippen LogP contribution in [0.4, 0.5) is 4.79 Å². The second-order valence-electron chi connectivity index (χ2n) is 7.74. The van der Waals surface area contributed by atoms with Crippen LogP contribution in [0.15, 0.2) is 34.4 Å². The molecule has 0 aromatic heterocycles. The lowest BCUT2D eigenvalue weighted by Crippen LogP contribution is -2.51. The fraction of sp³-hybridized carbons (Fsp3) is 0.500. The Bertz CT molecular complexity index is 1090. The summed E-state index contributed by atoms with van der Waals surface area (Å²) in [5, 5.41) is 5.14. The largest absolute Gasteiger partial charge is 0.463 e. The number of hydrogen-bond acceptors (Lipinski definition) is 8. The Morgan fingerprint density at radius 1 is 1.15 bits per heavy atom. The monoisotopic (exact) mass is 495 g/mol. The molecule has 1 unspecified atom stereocenters. The first kappa shape index (κ1) is 25.7. The SMILES string of the molecule is CCOC(=O)C1=C(COC(=O)c2ccc(C)c(S(=O)(=O)N3CCOCC3)c2)NC(=O)NC1CC. The van der Waals surface area contributed by atoms with Crippen LogP contribution in [-0.2, 0) is 29.0 Å². The van der Waals surface area contributed by atoms with Crippen molar-refractivity contribution in [2.45, 2.75) is 38.1 Å². The second kappa shape index (κ2) is 11.0. The van der Waals surface area contributed by atoms with Gasteiger partial charge in [-0.05, 0) is 38.0 Å². The quantitative estimate of drug-likeness (QED) is 0.511. The van der Waals surface area contributed by atoms with Crippen LogP contribution in [0, 0.1) is 6.92 Å². The molecule has 3 rings (SSSR count). The number of urea groups is 1. The number of morpholine rings is 1. The Morgan fingerprint density at radius 2 is 1.85 bits per heavy atom. The van der Waals surface area contributed by atoms with Gasteiger partial charge in [0, 0.05) is 13.1 Å². The molecule has 186 valence electrons. The van der Waals surface area contributed by atoms with Gasteiger partial charge in [0.05, 0.1) is 47.6 Å². The summed E-state index contributed by atoms with van der Waals surface area (Å²) in [6.07, 6.45) is 0.430. The molecule has 34 heavy (non-hydrogen) atoms. The van der Waals surface area contributed by atoms with E-state index in [4.69, 9.17) is 14.2 Å². The Kier molecular flexibility index (Phi) is 8.28. The summed E-state index contributed by atoms with van der Waals surface area (Å²) in [4.78, 5) is 37.2. The van der Waals surface area contributed by atoms with Crippen molar-refractivity contribution in [2.75, 3.05) is 39.5 Å². The summed E-state index contributed by atoms with van der Waals surface area (Å²) in [5.74, 6) is -1.42. The summed E-state index contributed by atoms with van der Waals surface area (Å²) < 4.78 is 43.1. The lowest BCUT2D eigenvalue weighted by atomic mass is 10.0. The number of ether oxygens (including phenoxy) is 3. The standard InChI is InChI=1S/C22H29N3O8S/c1-4-16-19(21(27)32-5-2)17(24-22(28)23-16)13-33-20(26)15-7-6-14(3)18(12-15)34(29,30)25-8-10-31-11-9-25/h6-7,12,16H,4-5,8-11,13H2,1-3H3,(H2,23,24,28). The highest BCUT2D eigenvalue weighted by Gasteiger charge is 2.32. The molecule has 2 N–H and O–H groups in total. The molecule has 1 aromatic carbocycles. The minimum Gasteiger partial charge on any atom is -0.463 e. The van der Waals surface area contributed by atoms with Gasteiger partial charge in [-0.1, -0.05) is 13.0 Å². The van der Waals surface area contributed by atoms with Gasteiger partial charge in [0.15, 0.2) is 0 Å². The topological polar surface area (TPSA) is 140 Å². The first-order valence-electron chi connectivity index (χ1n) is 11.0. The van der Waals surface area contributed by atoms with Gasteiger partial charge in [-0.15, -0.1) is 0 Å². The molecular weight excluding hydrogens is 466 g/mol. The summed E-state index contributed by atoms with van der Waals surface area (Å²) in [6, 6.07) is 3.16. The molecule has 0 bridgehead atoms. The van der Waals surface area contributed by atoms with Crippen LogP contribution in [-0.4, -0.2) is 76.3 Å². The molecule has 0 spiro atoms. The van der Waals surface area contributed by atoms with Crippen LogP contribution in [0.2, 0.25) is 0 Å². The number of hydrogen-bond donors (Lipinski definition) is 2. The number of benzene rings is 1. The molecule has 0 saturated carbocycles. The molecular formula is C22H29N3O8S. The predicted molar refractivity (Wildman–Crippen MR) is 120 cm³/mol. The maximum atomic E-state index is 13.1. The summed E-state index contributed by atoms with van der Waals surface area (Å²) in [5.41, 5.74) is 0.821. The summed E-state index contributed by atoms with van der Waals surface area (Å²) >= 11 is 0. The number of nitrogens with zero attached hydrogens (tertiary/aromatic N) is 1. The average Bonchev–Trinajstić information content (AvgIpc) is 2.82. The second-order valence-corrected chi connectivity index (χ2v) is 9.65. The van der Waals surface area contributed by atoms with Gasteiger partial charge in [0.2, 0.25) is 10.0 Å². The first-order chi connectivity index (χ1) is 16.2. The highest BCUT2D eigenvalue weighted by atomic mass is 32.2. The number of amides is 2. The van der Waals surface area contributed by atoms with E-state index in [9.17, 15) is 22.8 Å². The smallest absolute Gasteiger partial charge is 0.338 e. The number of sulfonamides is 1. The van der Waals surface area contributed by atoms with Gasteiger partial charge in [0.25, 0.3) is 0 Å². The van der Waals surface area contributed by atoms with Crippen molar-refractivity contribution < 1.29 is 37.0 Å². The molecule has 2 aliphatic rings. The molecule has 2 heterocycles. The van der Waals surface area contributed by atoms with Crippen molar-refractivity contribution >= 4 is 28.0 Å². The molecule has 2 aliphatic heterocycles. The van der Waals surface area contributed by atoms with E-state index in [1.807, 2.05) is 0 Å². The molecule has 0 aliphatic carbocycles. The van der Waals surface area contributed by atoms with E-state index in [-0.39, 0.29) is 41.4 Å². The van der Waals surface area contributed by atoms with Gasteiger partial charge in [-0.3, -0.25) is 0 Å². The Morgan fingerprint density at radius 3 is 2.50 bits per heavy atom. The summed E-state index contributed by atoms with van der Waals surface area (Å²) in [7, 11) is -3.82. The van der Waals surface area contributed by atoms with Crippen molar-refractivity contribution in [3.63, 3.8) is 0 Å². The van der Waals surface area contributed by atoms with E-state index in [2.05, 4.69) is 10.6 Å². The number of rotatable bonds is 8. The number of carbonyl (C=O) groups excluding carboxylic acids is 3. The highest BCUT2D eigenvalue weighted by molar-refractivity contribution is 7.89. The maximum Gasteiger partial charge on any atom is 0.338 e. The molecule has 1 aromatic rings. The molecule has 1 saturated heterocycles. The number of nitrogens with one attached hydrogen (secondary N) is 2. The van der Waals surface area contributed by atoms with Crippen LogP contribution < -0.4 is 10.6 Å². The van der Waals surface area contributed by atoms with Crippen molar-refractivity contribution in [1.29, 1.82) is 0 Å². The number of aryl methyl sites for hydroxylation is 1. The Balaban J connectivity index is 1.83. The van der Waals surface area contributed by atoms with E-state index in [1.165, 1.54) is 22.5 Å². The molecule has 11 nitrogen and oxygen atoms in total. The fourth-order valence-corrected chi connectivity index (χ4v) is 5.39. The van der Waals surface area contributed by atoms with Gasteiger partial charge in [0.1, 0.15) is 6.61 Å². The third kappa shape index (κ3) is 5.57. The van der Waals surface area contributed by atoms with E-state index in [1.54, 1.807) is 20.8 Å². The zero-order valence-corrected chi connectivity index (χ0v) is 20.2. The number of esters is 2. The van der Waals surface area contributed by atoms with Crippen LogP contribution >= 0.6 is 0 Å². The van der Waals surface area contributed by atoms with Crippen LogP contribution in [0.5, 0.6) is 0 Å². The van der Waals surface area contributed by atoms with Gasteiger partial charge in [-0.25, -0.2) is 22.8 Å². The molecule has 0 radical (unpaired) electrons. The van der Waals surface area contributed by atoms with Crippen LogP contribution in [0.25, 0.3) is 0 Å². The predicted octanol–water partition coefficient (Wildman–Crippen LogP) is 1.08. The third-order valence-electron chi connectivity index (χ3n) is 5.51. The van der Waals surface area contributed by atoms with Crippen molar-refractivity contribution in [1.82, 2.24) is 14.9 Å². The van der Waals surface area contributed by atoms with E-state index >= 15 is 0 Å². The summed E-state index contributed by atoms with van der Waals surface area (Å²) in [6.45, 7) is 5.92. The third-order valence-corrected chi connectivity index (χ3v) is 7.55. The average molecular weight is 496 g/mol. The van der Waals surface area contributed by atoms with Crippen molar-refractivity contribution in [3.05, 3.63) is 40.6 Å². The van der Waals surface area contributed by atoms with Crippen LogP contribution in [0.1, 0.15) is 36.2 Å². The highest BCUT2D eigenvalue weighted by Crippen LogP contribution is 2.23. The Hall–Kier alpha value is -2.96. The van der Waals surface area contributed by atoms with E-state index < -0.39 is 40.6 Å². The first-order valence-corrected chi connectivity index (χ1v) is 12.5. The fourth-order valence-electron chi connectivity index (χ4n) is 3.73. The molecule has 12 heteroatoms. The zero-order valence-electron chi connectivity index (χ0n) is 19.4. The zero-order chi connectivity index (χ0) is 24.9. The lowest BCUT2D eigenvalue weighted by molar-refractivity contribution is -0.139. The molecule has 1 fully saturated rings. The van der Waals surface area contributed by atoms with Crippen molar-refractivity contribution in [2.24, 2.45) is 0 Å². The van der Waals surface area contributed by atoms with E-state index in [0.29, 0.717) is 25.2 Å². The number of carbonyl (C=O) groups is 3. The minimum atomic E-state index is -3.82. The van der Waals surface area contributed by atoms with Gasteiger partial charge < -0.3 is 24.8 Å². The normalized spacial score (nSPS) is 19.3. The van der Waals surface area contributed by atoms with Crippen LogP contribution in [0.3, 0.4) is 0 Å². The Labute approximate surface area is 198 Å².